The molecule has 0 aromatic carbocycles. The van der Waals surface area contributed by atoms with Crippen LogP contribution in [-0.4, -0.2) is 37.4 Å². The zero-order valence-electron chi connectivity index (χ0n) is 9.22. The molecule has 109 valence electrons. The summed E-state index contributed by atoms with van der Waals surface area (Å²) in [5, 5.41) is 17.9. The zero-order valence-corrected chi connectivity index (χ0v) is 10.2. The minimum atomic E-state index is -2.19. The van der Waals surface area contributed by atoms with E-state index in [1.54, 1.807) is 24.8 Å². The van der Waals surface area contributed by atoms with Gasteiger partial charge < -0.3 is 40.7 Å². The molecule has 2 heterocycles. The summed E-state index contributed by atoms with van der Waals surface area (Å²) in [6.45, 7) is 0. The fourth-order valence-corrected chi connectivity index (χ4v) is 0.790. The molecule has 11 heteroatoms. The number of carbonyl (C=O) groups is 2. The molecular weight excluding hydrogens is 312 g/mol. The fraction of sp³-hybridized carbons (Fsp3) is 0. The Kier molecular flexibility index (Phi) is 12.7. The third kappa shape index (κ3) is 7.67. The molecule has 0 saturated heterocycles. The quantitative estimate of drug-likeness (QED) is 0.300. The number of nitrogens with zero attached hydrogens (tertiary/aromatic N) is 2. The number of aliphatic carboxylic acids is 2. The van der Waals surface area contributed by atoms with Gasteiger partial charge in [-0.25, -0.2) is 9.97 Å². The second-order valence-electron chi connectivity index (χ2n) is 2.45. The molecule has 0 spiro atoms. The van der Waals surface area contributed by atoms with Crippen molar-refractivity contribution in [3.05, 3.63) is 24.8 Å². The molecule has 0 fully saturated rings. The number of carbonyl (C=O) groups excluding carboxylic acids is 2. The van der Waals surface area contributed by atoms with Gasteiger partial charge in [-0.15, -0.1) is 0 Å². The molecule has 0 aliphatic heterocycles. The summed E-state index contributed by atoms with van der Waals surface area (Å²) in [4.78, 5) is 31.7. The second kappa shape index (κ2) is 10.9. The van der Waals surface area contributed by atoms with Crippen molar-refractivity contribution in [1.82, 2.24) is 19.9 Å². The van der Waals surface area contributed by atoms with Gasteiger partial charge in [0.1, 0.15) is 0 Å². The minimum Gasteiger partial charge on any atom is -0.543 e. The molecule has 0 aliphatic carbocycles. The summed E-state index contributed by atoms with van der Waals surface area (Å²) in [5.41, 5.74) is 0. The number of carboxylic acids is 2. The van der Waals surface area contributed by atoms with Crippen LogP contribution in [0.3, 0.4) is 0 Å². The Bertz CT molecular complexity index is 413. The van der Waals surface area contributed by atoms with Gasteiger partial charge in [0, 0.05) is 24.8 Å². The van der Waals surface area contributed by atoms with Crippen molar-refractivity contribution in [2.24, 2.45) is 0 Å². The predicted octanol–water partition coefficient (Wildman–Crippen LogP) is -4.46. The van der Waals surface area contributed by atoms with E-state index in [-0.39, 0.29) is 28.0 Å². The smallest absolute Gasteiger partial charge is 0.543 e. The topological polar surface area (TPSA) is 202 Å². The number of carboxylic acid groups (broad SMARTS) is 2. The Hall–Kier alpha value is -2.20. The Morgan fingerprint density at radius 3 is 1.42 bits per heavy atom. The van der Waals surface area contributed by atoms with Crippen LogP contribution >= 0.6 is 0 Å². The first kappa shape index (κ1) is 22.0. The van der Waals surface area contributed by atoms with Crippen LogP contribution < -0.4 is 10.2 Å². The summed E-state index contributed by atoms with van der Waals surface area (Å²) in [5.74, 6) is -2.83. The van der Waals surface area contributed by atoms with Crippen LogP contribution in [0.25, 0.3) is 11.6 Å². The SMILES string of the molecule is O.O=C([O-])C(=O)[O-].[Cu+2].[OH3+].c1c[nH]c(-c2ncc[nH]2)n1. The predicted molar refractivity (Wildman–Crippen MR) is 54.7 cm³/mol. The van der Waals surface area contributed by atoms with Gasteiger partial charge in [0.2, 0.25) is 0 Å². The monoisotopic (exact) mass is 322 g/mol. The summed E-state index contributed by atoms with van der Waals surface area (Å²) in [6.07, 6.45) is 6.91. The molecule has 2 rings (SSSR count). The first-order chi connectivity index (χ1) is 7.61. The fourth-order valence-electron chi connectivity index (χ4n) is 0.790. The molecule has 1 radical (unpaired) electrons. The average molecular weight is 323 g/mol. The van der Waals surface area contributed by atoms with Crippen molar-refractivity contribution < 1.29 is 47.8 Å². The summed E-state index contributed by atoms with van der Waals surface area (Å²) in [7, 11) is 0. The van der Waals surface area contributed by atoms with Gasteiger partial charge in [0.15, 0.2) is 11.6 Å². The molecule has 0 atom stereocenters. The Labute approximate surface area is 117 Å². The zero-order chi connectivity index (χ0) is 12.0. The second-order valence-corrected chi connectivity index (χ2v) is 2.45. The van der Waals surface area contributed by atoms with Gasteiger partial charge >= 0.3 is 17.1 Å². The van der Waals surface area contributed by atoms with E-state index in [4.69, 9.17) is 19.8 Å². The van der Waals surface area contributed by atoms with E-state index >= 15 is 0 Å². The third-order valence-electron chi connectivity index (χ3n) is 1.39. The summed E-state index contributed by atoms with van der Waals surface area (Å²) >= 11 is 0. The maximum atomic E-state index is 8.93. The number of imidazole rings is 2. The van der Waals surface area contributed by atoms with Gasteiger partial charge in [-0.1, -0.05) is 0 Å². The van der Waals surface area contributed by atoms with Crippen molar-refractivity contribution >= 4 is 11.9 Å². The van der Waals surface area contributed by atoms with Crippen LogP contribution in [0.4, 0.5) is 0 Å². The van der Waals surface area contributed by atoms with Gasteiger partial charge in [-0.3, -0.25) is 0 Å². The first-order valence-corrected chi connectivity index (χ1v) is 4.02. The molecule has 2 aromatic heterocycles. The van der Waals surface area contributed by atoms with Crippen molar-refractivity contribution in [3.8, 4) is 11.6 Å². The number of hydrogen-bond donors (Lipinski definition) is 2. The first-order valence-electron chi connectivity index (χ1n) is 4.02. The number of aromatic amines is 2. The number of aromatic nitrogens is 4. The minimum absolute atomic E-state index is 0. The summed E-state index contributed by atoms with van der Waals surface area (Å²) in [6, 6.07) is 0. The molecule has 7 N–H and O–H groups in total. The van der Waals surface area contributed by atoms with E-state index in [0.717, 1.165) is 11.6 Å². The van der Waals surface area contributed by atoms with E-state index in [9.17, 15) is 0 Å². The van der Waals surface area contributed by atoms with Gasteiger partial charge in [0.05, 0.1) is 11.9 Å². The van der Waals surface area contributed by atoms with E-state index in [0.29, 0.717) is 0 Å². The maximum absolute atomic E-state index is 8.93. The molecular formula is C8H11CuN4O6+. The van der Waals surface area contributed by atoms with Crippen LogP contribution in [0.15, 0.2) is 24.8 Å². The molecule has 0 bridgehead atoms. The number of hydrogen-bond acceptors (Lipinski definition) is 6. The Morgan fingerprint density at radius 1 is 0.947 bits per heavy atom. The van der Waals surface area contributed by atoms with Crippen LogP contribution in [0.1, 0.15) is 0 Å². The van der Waals surface area contributed by atoms with Gasteiger partial charge in [0.25, 0.3) is 0 Å². The van der Waals surface area contributed by atoms with E-state index in [1.165, 1.54) is 0 Å². The van der Waals surface area contributed by atoms with Crippen molar-refractivity contribution in [3.63, 3.8) is 0 Å². The van der Waals surface area contributed by atoms with Crippen molar-refractivity contribution in [2.45, 2.75) is 0 Å². The normalized spacial score (nSPS) is 7.58. The maximum Gasteiger partial charge on any atom is 2.00 e. The molecule has 0 unspecified atom stereocenters. The van der Waals surface area contributed by atoms with Crippen molar-refractivity contribution in [1.29, 1.82) is 0 Å². The van der Waals surface area contributed by atoms with Crippen LogP contribution in [-0.2, 0) is 32.1 Å². The van der Waals surface area contributed by atoms with E-state index < -0.39 is 11.9 Å². The van der Waals surface area contributed by atoms with Gasteiger partial charge in [-0.05, 0) is 0 Å². The third-order valence-corrected chi connectivity index (χ3v) is 1.39. The largest absolute Gasteiger partial charge is 2.00 e. The van der Waals surface area contributed by atoms with Crippen molar-refractivity contribution in [2.75, 3.05) is 0 Å². The Balaban J connectivity index is -0.000000257. The standard InChI is InChI=1S/C6H6N4.C2H2O4.Cu.2H2O/c1-2-8-5(7-1)6-9-3-4-10-6;3-1(4)2(5)6;;;/h1-4H,(H,7,8)(H,9,10);(H,3,4)(H,5,6);;2*1H2/q;;+2;;/p-1. The van der Waals surface area contributed by atoms with Crippen LogP contribution in [0.5, 0.6) is 0 Å². The molecule has 19 heavy (non-hydrogen) atoms. The molecule has 10 nitrogen and oxygen atoms in total. The molecule has 0 aliphatic rings. The number of nitrogens with one attached hydrogen (secondary N) is 2. The van der Waals surface area contributed by atoms with Crippen LogP contribution in [0.2, 0.25) is 0 Å². The van der Waals surface area contributed by atoms with E-state index in [2.05, 4.69) is 19.9 Å². The van der Waals surface area contributed by atoms with Crippen LogP contribution in [0, 0.1) is 0 Å². The average Bonchev–Trinajstić information content (AvgIpc) is 2.91. The number of rotatable bonds is 1. The molecule has 2 aromatic rings. The number of H-pyrrole nitrogens is 2. The van der Waals surface area contributed by atoms with E-state index in [1.807, 2.05) is 0 Å². The van der Waals surface area contributed by atoms with Gasteiger partial charge in [-0.2, -0.15) is 0 Å². The summed E-state index contributed by atoms with van der Waals surface area (Å²) < 4.78 is 0. The Morgan fingerprint density at radius 2 is 1.26 bits per heavy atom. The molecule has 0 saturated carbocycles. The molecule has 0 amide bonds.